The fourth-order valence-electron chi connectivity index (χ4n) is 3.97. The minimum atomic E-state index is 0. The molecule has 1 saturated heterocycles. The molecule has 28 heavy (non-hydrogen) atoms. The van der Waals surface area contributed by atoms with E-state index in [1.54, 1.807) is 0 Å². The summed E-state index contributed by atoms with van der Waals surface area (Å²) in [5.41, 5.74) is 7.97. The lowest BCUT2D eigenvalue weighted by Crippen LogP contribution is -2.51. The molecule has 3 N–H and O–H groups in total. The van der Waals surface area contributed by atoms with Gasteiger partial charge >= 0.3 is 0 Å². The quantitative estimate of drug-likeness (QED) is 0.750. The van der Waals surface area contributed by atoms with Gasteiger partial charge in [0.05, 0.1) is 6.54 Å². The number of rotatable bonds is 5. The zero-order chi connectivity index (χ0) is 18.5. The van der Waals surface area contributed by atoms with Crippen LogP contribution in [0, 0.1) is 5.92 Å². The highest BCUT2D eigenvalue weighted by Gasteiger charge is 2.32. The van der Waals surface area contributed by atoms with Crippen molar-refractivity contribution in [3.8, 4) is 0 Å². The van der Waals surface area contributed by atoms with Crippen LogP contribution in [0.1, 0.15) is 31.7 Å². The van der Waals surface area contributed by atoms with Crippen LogP contribution in [-0.4, -0.2) is 60.4 Å². The average molecular weight is 431 g/mol. The summed E-state index contributed by atoms with van der Waals surface area (Å²) in [6, 6.07) is 8.09. The molecule has 158 valence electrons. The van der Waals surface area contributed by atoms with E-state index in [2.05, 4.69) is 17.1 Å². The molecule has 2 amide bonds. The minimum absolute atomic E-state index is 0. The first-order chi connectivity index (χ1) is 12.6. The van der Waals surface area contributed by atoms with Crippen molar-refractivity contribution in [2.24, 2.45) is 11.7 Å². The van der Waals surface area contributed by atoms with E-state index in [4.69, 9.17) is 5.73 Å². The second kappa shape index (κ2) is 11.6. The second-order valence-corrected chi connectivity index (χ2v) is 7.43. The Hall–Kier alpha value is -1.34. The lowest BCUT2D eigenvalue weighted by atomic mass is 10.1. The van der Waals surface area contributed by atoms with Crippen molar-refractivity contribution in [2.75, 3.05) is 38.0 Å². The normalized spacial score (nSPS) is 22.1. The summed E-state index contributed by atoms with van der Waals surface area (Å²) in [5.74, 6) is 0.358. The van der Waals surface area contributed by atoms with Crippen LogP contribution in [0.25, 0.3) is 0 Å². The number of nitrogens with zero attached hydrogens (tertiary/aromatic N) is 2. The van der Waals surface area contributed by atoms with Gasteiger partial charge in [-0.2, -0.15) is 0 Å². The number of hydrogen-bond acceptors (Lipinski definition) is 4. The molecule has 1 heterocycles. The molecule has 1 saturated carbocycles. The van der Waals surface area contributed by atoms with Gasteiger partial charge in [-0.25, -0.2) is 0 Å². The highest BCUT2D eigenvalue weighted by atomic mass is 35.5. The predicted molar refractivity (Wildman–Crippen MR) is 117 cm³/mol. The molecule has 3 rings (SSSR count). The standard InChI is InChI=1S/C20H30N4O2.2ClH/c1-2-15-5-3-4-6-18(15)22-19(25)14-23-9-11-24(12-10-23)20(26)16-7-8-17(21)13-16;;/h3-6,16-17H,2,7-14,21H2,1H3,(H,22,25);2*1H. The first-order valence-corrected chi connectivity index (χ1v) is 9.71. The van der Waals surface area contributed by atoms with Crippen molar-refractivity contribution in [3.05, 3.63) is 29.8 Å². The van der Waals surface area contributed by atoms with Crippen molar-refractivity contribution < 1.29 is 9.59 Å². The molecule has 8 heteroatoms. The van der Waals surface area contributed by atoms with Gasteiger partial charge in [0.25, 0.3) is 0 Å². The molecule has 2 aliphatic rings. The highest BCUT2D eigenvalue weighted by Crippen LogP contribution is 2.26. The molecule has 1 aromatic rings. The topological polar surface area (TPSA) is 78.7 Å². The van der Waals surface area contributed by atoms with Gasteiger partial charge in [-0.15, -0.1) is 24.8 Å². The Kier molecular flexibility index (Phi) is 10.2. The number of piperazine rings is 1. The summed E-state index contributed by atoms with van der Waals surface area (Å²) in [5, 5.41) is 3.02. The summed E-state index contributed by atoms with van der Waals surface area (Å²) in [6.45, 7) is 5.33. The van der Waals surface area contributed by atoms with Crippen molar-refractivity contribution in [1.29, 1.82) is 0 Å². The lowest BCUT2D eigenvalue weighted by Gasteiger charge is -2.35. The SMILES string of the molecule is CCc1ccccc1NC(=O)CN1CCN(C(=O)C2CCC(N)C2)CC1.Cl.Cl. The summed E-state index contributed by atoms with van der Waals surface area (Å²) in [4.78, 5) is 29.0. The van der Waals surface area contributed by atoms with E-state index in [1.165, 1.54) is 0 Å². The van der Waals surface area contributed by atoms with Crippen LogP contribution in [-0.2, 0) is 16.0 Å². The Morgan fingerprint density at radius 3 is 2.39 bits per heavy atom. The molecule has 2 unspecified atom stereocenters. The molecule has 2 fully saturated rings. The number of carbonyl (C=O) groups is 2. The van der Waals surface area contributed by atoms with Gasteiger partial charge in [0.1, 0.15) is 0 Å². The van der Waals surface area contributed by atoms with Crippen LogP contribution < -0.4 is 11.1 Å². The van der Waals surface area contributed by atoms with Gasteiger partial charge in [0.15, 0.2) is 0 Å². The van der Waals surface area contributed by atoms with Crippen molar-refractivity contribution in [1.82, 2.24) is 9.80 Å². The van der Waals surface area contributed by atoms with Gasteiger partial charge in [-0.05, 0) is 37.3 Å². The molecule has 0 spiro atoms. The number of anilines is 1. The summed E-state index contributed by atoms with van der Waals surface area (Å²) in [7, 11) is 0. The van der Waals surface area contributed by atoms with Crippen molar-refractivity contribution in [2.45, 2.75) is 38.6 Å². The fraction of sp³-hybridized carbons (Fsp3) is 0.600. The largest absolute Gasteiger partial charge is 0.340 e. The highest BCUT2D eigenvalue weighted by molar-refractivity contribution is 5.93. The number of aryl methyl sites for hydroxylation is 1. The number of benzene rings is 1. The number of amides is 2. The van der Waals surface area contributed by atoms with Gasteiger partial charge in [-0.3, -0.25) is 14.5 Å². The molecular formula is C20H32Cl2N4O2. The van der Waals surface area contributed by atoms with Crippen LogP contribution in [0.3, 0.4) is 0 Å². The summed E-state index contributed by atoms with van der Waals surface area (Å²) < 4.78 is 0. The van der Waals surface area contributed by atoms with Gasteiger partial charge < -0.3 is 16.0 Å². The van der Waals surface area contributed by atoms with Crippen molar-refractivity contribution >= 4 is 42.3 Å². The third-order valence-electron chi connectivity index (χ3n) is 5.55. The van der Waals surface area contributed by atoms with E-state index in [-0.39, 0.29) is 48.6 Å². The molecule has 0 radical (unpaired) electrons. The Morgan fingerprint density at radius 2 is 1.79 bits per heavy atom. The Morgan fingerprint density at radius 1 is 1.11 bits per heavy atom. The van der Waals surface area contributed by atoms with E-state index in [0.29, 0.717) is 19.6 Å². The third kappa shape index (κ3) is 6.34. The minimum Gasteiger partial charge on any atom is -0.340 e. The number of carbonyl (C=O) groups excluding carboxylic acids is 2. The van der Waals surface area contributed by atoms with Gasteiger partial charge in [0, 0.05) is 43.8 Å². The first kappa shape index (κ1) is 24.7. The summed E-state index contributed by atoms with van der Waals surface area (Å²) in [6.07, 6.45) is 3.58. The van der Waals surface area contributed by atoms with Crippen LogP contribution >= 0.6 is 24.8 Å². The molecule has 0 bridgehead atoms. The second-order valence-electron chi connectivity index (χ2n) is 7.43. The Bertz CT molecular complexity index is 651. The number of hydrogen-bond donors (Lipinski definition) is 2. The van der Waals surface area contributed by atoms with Crippen LogP contribution in [0.5, 0.6) is 0 Å². The zero-order valence-corrected chi connectivity index (χ0v) is 18.1. The summed E-state index contributed by atoms with van der Waals surface area (Å²) >= 11 is 0. The smallest absolute Gasteiger partial charge is 0.238 e. The number of halogens is 2. The zero-order valence-electron chi connectivity index (χ0n) is 16.4. The first-order valence-electron chi connectivity index (χ1n) is 9.71. The van der Waals surface area contributed by atoms with Crippen LogP contribution in [0.15, 0.2) is 24.3 Å². The number of nitrogens with one attached hydrogen (secondary N) is 1. The predicted octanol–water partition coefficient (Wildman–Crippen LogP) is 2.30. The van der Waals surface area contributed by atoms with E-state index < -0.39 is 0 Å². The third-order valence-corrected chi connectivity index (χ3v) is 5.55. The fourth-order valence-corrected chi connectivity index (χ4v) is 3.97. The molecule has 6 nitrogen and oxygen atoms in total. The van der Waals surface area contributed by atoms with Gasteiger partial charge in [-0.1, -0.05) is 25.1 Å². The number of para-hydroxylation sites is 1. The lowest BCUT2D eigenvalue weighted by molar-refractivity contribution is -0.137. The maximum atomic E-state index is 12.6. The Labute approximate surface area is 180 Å². The van der Waals surface area contributed by atoms with Crippen molar-refractivity contribution in [3.63, 3.8) is 0 Å². The van der Waals surface area contributed by atoms with E-state index in [0.717, 1.165) is 50.0 Å². The van der Waals surface area contributed by atoms with Gasteiger partial charge in [0.2, 0.25) is 11.8 Å². The molecule has 1 aromatic carbocycles. The maximum Gasteiger partial charge on any atom is 0.238 e. The molecule has 2 atom stereocenters. The average Bonchev–Trinajstić information content (AvgIpc) is 3.08. The van der Waals surface area contributed by atoms with Crippen LogP contribution in [0.2, 0.25) is 0 Å². The maximum absolute atomic E-state index is 12.6. The van der Waals surface area contributed by atoms with E-state index in [1.807, 2.05) is 29.2 Å². The molecular weight excluding hydrogens is 399 g/mol. The Balaban J connectivity index is 0.00000196. The van der Waals surface area contributed by atoms with Crippen LogP contribution in [0.4, 0.5) is 5.69 Å². The molecule has 0 aromatic heterocycles. The molecule has 1 aliphatic carbocycles. The number of nitrogens with two attached hydrogens (primary N) is 1. The van der Waals surface area contributed by atoms with E-state index >= 15 is 0 Å². The van der Waals surface area contributed by atoms with E-state index in [9.17, 15) is 9.59 Å². The monoisotopic (exact) mass is 430 g/mol. The molecule has 1 aliphatic heterocycles.